The highest BCUT2D eigenvalue weighted by Gasteiger charge is 2.19. The lowest BCUT2D eigenvalue weighted by Gasteiger charge is -2.18. The second-order valence-electron chi connectivity index (χ2n) is 20.9. The lowest BCUT2D eigenvalue weighted by Crippen LogP contribution is -2.30. The highest BCUT2D eigenvalue weighted by atomic mass is 16.6. The summed E-state index contributed by atoms with van der Waals surface area (Å²) < 4.78 is 16.9. The van der Waals surface area contributed by atoms with Crippen LogP contribution in [0.15, 0.2) is 170 Å². The van der Waals surface area contributed by atoms with Crippen molar-refractivity contribution in [1.29, 1.82) is 0 Å². The van der Waals surface area contributed by atoms with Crippen molar-refractivity contribution in [3.8, 4) is 0 Å². The molecule has 454 valence electrons. The molecule has 0 heterocycles. The summed E-state index contributed by atoms with van der Waals surface area (Å²) in [6.07, 6.45) is 99.2. The topological polar surface area (TPSA) is 78.9 Å². The van der Waals surface area contributed by atoms with Crippen LogP contribution in [0, 0.1) is 0 Å². The van der Waals surface area contributed by atoms with Crippen molar-refractivity contribution in [3.63, 3.8) is 0 Å². The molecule has 0 aromatic heterocycles. The summed E-state index contributed by atoms with van der Waals surface area (Å²) >= 11 is 0. The van der Waals surface area contributed by atoms with Crippen LogP contribution >= 0.6 is 0 Å². The van der Waals surface area contributed by atoms with Gasteiger partial charge in [0.15, 0.2) is 6.10 Å². The molecule has 6 heteroatoms. The Kier molecular flexibility index (Phi) is 62.9. The quantitative estimate of drug-likeness (QED) is 0.0261. The number of ether oxygens (including phenoxy) is 3. The van der Waals surface area contributed by atoms with Gasteiger partial charge in [0.25, 0.3) is 0 Å². The Morgan fingerprint density at radius 3 is 0.704 bits per heavy atom. The van der Waals surface area contributed by atoms with Crippen molar-refractivity contribution < 1.29 is 28.6 Å². The summed E-state index contributed by atoms with van der Waals surface area (Å²) in [7, 11) is 0. The minimum absolute atomic E-state index is 0.107. The van der Waals surface area contributed by atoms with Gasteiger partial charge in [0, 0.05) is 19.3 Å². The van der Waals surface area contributed by atoms with Crippen LogP contribution in [0.2, 0.25) is 0 Å². The molecule has 0 N–H and O–H groups in total. The van der Waals surface area contributed by atoms with Gasteiger partial charge in [-0.2, -0.15) is 0 Å². The van der Waals surface area contributed by atoms with Crippen molar-refractivity contribution in [2.24, 2.45) is 0 Å². The van der Waals surface area contributed by atoms with E-state index >= 15 is 0 Å². The zero-order valence-electron chi connectivity index (χ0n) is 52.0. The summed E-state index contributed by atoms with van der Waals surface area (Å²) in [6.45, 7) is 6.25. The third-order valence-corrected chi connectivity index (χ3v) is 13.2. The molecular formula is C75H118O6. The van der Waals surface area contributed by atoms with Crippen molar-refractivity contribution in [3.05, 3.63) is 170 Å². The molecule has 0 radical (unpaired) electrons. The van der Waals surface area contributed by atoms with Gasteiger partial charge in [-0.3, -0.25) is 14.4 Å². The molecule has 1 atom stereocenters. The fourth-order valence-electron chi connectivity index (χ4n) is 8.43. The summed E-state index contributed by atoms with van der Waals surface area (Å²) in [5.41, 5.74) is 0. The Morgan fingerprint density at radius 2 is 0.444 bits per heavy atom. The molecule has 0 aliphatic heterocycles. The molecule has 0 amide bonds. The summed E-state index contributed by atoms with van der Waals surface area (Å²) in [4.78, 5) is 38.4. The number of carbonyl (C=O) groups excluding carboxylic acids is 3. The smallest absolute Gasteiger partial charge is 0.306 e. The first-order valence-corrected chi connectivity index (χ1v) is 32.6. The Balaban J connectivity index is 4.52. The van der Waals surface area contributed by atoms with Gasteiger partial charge in [0.05, 0.1) is 0 Å². The van der Waals surface area contributed by atoms with Gasteiger partial charge in [0.1, 0.15) is 13.2 Å². The number of rotatable bonds is 57. The average molecular weight is 1120 g/mol. The van der Waals surface area contributed by atoms with Crippen LogP contribution in [-0.2, 0) is 28.6 Å². The van der Waals surface area contributed by atoms with Gasteiger partial charge < -0.3 is 14.2 Å². The van der Waals surface area contributed by atoms with Crippen LogP contribution < -0.4 is 0 Å². The van der Waals surface area contributed by atoms with Crippen LogP contribution in [-0.4, -0.2) is 37.2 Å². The van der Waals surface area contributed by atoms with Crippen LogP contribution in [0.5, 0.6) is 0 Å². The minimum Gasteiger partial charge on any atom is -0.462 e. The maximum absolute atomic E-state index is 12.9. The van der Waals surface area contributed by atoms with Gasteiger partial charge in [-0.15, -0.1) is 0 Å². The molecule has 1 unspecified atom stereocenters. The SMILES string of the molecule is CC/C=C\C/C=C\C/C=C\C/C=C\C/C=C\CCCCCCCC(=O)OC(COC(=O)CCCCC/C=C\C/C=C\C/C=C\C/C=C\C/C=C\CC)COC(=O)CCCCCCCCCCCC/C=C\C/C=C\C/C=C\C/C=C\CC. The van der Waals surface area contributed by atoms with Crippen molar-refractivity contribution in [1.82, 2.24) is 0 Å². The number of unbranched alkanes of at least 4 members (excludes halogenated alkanes) is 18. The van der Waals surface area contributed by atoms with E-state index in [0.717, 1.165) is 173 Å². The van der Waals surface area contributed by atoms with Crippen molar-refractivity contribution >= 4 is 17.9 Å². The normalized spacial score (nSPS) is 13.3. The standard InChI is InChI=1S/C75H118O6/c1-4-7-10-13-16-19-22-25-28-31-34-36-37-39-41-44-47-50-53-56-59-62-65-68-74(77)80-71-72(70-79-73(76)67-64-61-58-55-52-49-46-43-40-33-30-27-24-21-18-15-12-9-6-3)81-75(78)69-66-63-60-57-54-51-48-45-42-38-35-32-29-26-23-20-17-14-11-8-5-2/h7-12,16-21,25-30,34-36,38,40,43,45,48-49,52,72H,4-6,13-15,22-24,31-33,37,39,41-42,44,46-47,50-51,53-71H2,1-3H3/b10-7-,11-8-,12-9-,19-16-,20-17-,21-18-,28-25-,29-26-,30-27-,36-34-,38-35-,43-40-,48-45-,52-49-. The first kappa shape index (κ1) is 75.8. The molecule has 6 nitrogen and oxygen atoms in total. The molecular weight excluding hydrogens is 997 g/mol. The number of carbonyl (C=O) groups is 3. The van der Waals surface area contributed by atoms with E-state index in [1.54, 1.807) is 0 Å². The van der Waals surface area contributed by atoms with Crippen molar-refractivity contribution in [2.75, 3.05) is 13.2 Å². The molecule has 0 aliphatic rings. The Bertz CT molecular complexity index is 1860. The molecule has 0 saturated carbocycles. The maximum Gasteiger partial charge on any atom is 0.306 e. The lowest BCUT2D eigenvalue weighted by molar-refractivity contribution is -0.167. The van der Waals surface area contributed by atoms with E-state index in [4.69, 9.17) is 14.2 Å². The fourth-order valence-corrected chi connectivity index (χ4v) is 8.43. The van der Waals surface area contributed by atoms with Crippen LogP contribution in [0.3, 0.4) is 0 Å². The monoisotopic (exact) mass is 1110 g/mol. The van der Waals surface area contributed by atoms with E-state index in [1.807, 2.05) is 0 Å². The van der Waals surface area contributed by atoms with Gasteiger partial charge in [0.2, 0.25) is 0 Å². The lowest BCUT2D eigenvalue weighted by atomic mass is 10.1. The van der Waals surface area contributed by atoms with E-state index in [2.05, 4.69) is 191 Å². The van der Waals surface area contributed by atoms with Gasteiger partial charge in [-0.25, -0.2) is 0 Å². The molecule has 0 aromatic rings. The number of hydrogen-bond acceptors (Lipinski definition) is 6. The molecule has 0 bridgehead atoms. The zero-order chi connectivity index (χ0) is 58.5. The van der Waals surface area contributed by atoms with Crippen LogP contribution in [0.1, 0.15) is 265 Å². The van der Waals surface area contributed by atoms with E-state index in [1.165, 1.54) is 51.4 Å². The van der Waals surface area contributed by atoms with Gasteiger partial charge in [-0.1, -0.05) is 268 Å². The molecule has 0 aliphatic carbocycles. The highest BCUT2D eigenvalue weighted by Crippen LogP contribution is 2.15. The number of esters is 3. The number of hydrogen-bond donors (Lipinski definition) is 0. The Labute approximate surface area is 498 Å². The average Bonchev–Trinajstić information content (AvgIpc) is 3.47. The Morgan fingerprint density at radius 1 is 0.247 bits per heavy atom. The van der Waals surface area contributed by atoms with Crippen molar-refractivity contribution in [2.45, 2.75) is 271 Å². The molecule has 0 saturated heterocycles. The molecule has 0 spiro atoms. The van der Waals surface area contributed by atoms with Gasteiger partial charge in [-0.05, 0) is 148 Å². The second-order valence-corrected chi connectivity index (χ2v) is 20.9. The Hall–Kier alpha value is -5.23. The highest BCUT2D eigenvalue weighted by molar-refractivity contribution is 5.71. The minimum atomic E-state index is -0.816. The second kappa shape index (κ2) is 67.3. The van der Waals surface area contributed by atoms with Gasteiger partial charge >= 0.3 is 17.9 Å². The van der Waals surface area contributed by atoms with E-state index in [9.17, 15) is 14.4 Å². The van der Waals surface area contributed by atoms with Crippen LogP contribution in [0.25, 0.3) is 0 Å². The fraction of sp³-hybridized carbons (Fsp3) is 0.587. The predicted molar refractivity (Wildman–Crippen MR) is 352 cm³/mol. The third kappa shape index (κ3) is 65.5. The zero-order valence-corrected chi connectivity index (χ0v) is 52.0. The molecule has 81 heavy (non-hydrogen) atoms. The summed E-state index contributed by atoms with van der Waals surface area (Å²) in [5, 5.41) is 0. The maximum atomic E-state index is 12.9. The third-order valence-electron chi connectivity index (χ3n) is 13.2. The molecule has 0 aromatic carbocycles. The van der Waals surface area contributed by atoms with E-state index in [-0.39, 0.29) is 37.5 Å². The molecule has 0 rings (SSSR count). The number of allylic oxidation sites excluding steroid dienone is 28. The largest absolute Gasteiger partial charge is 0.462 e. The predicted octanol–water partition coefficient (Wildman–Crippen LogP) is 22.7. The van der Waals surface area contributed by atoms with E-state index < -0.39 is 6.10 Å². The summed E-state index contributed by atoms with van der Waals surface area (Å²) in [5.74, 6) is -0.966. The van der Waals surface area contributed by atoms with E-state index in [0.29, 0.717) is 12.8 Å². The summed E-state index contributed by atoms with van der Waals surface area (Å²) in [6, 6.07) is 0. The first-order valence-electron chi connectivity index (χ1n) is 32.6. The molecule has 0 fully saturated rings. The van der Waals surface area contributed by atoms with Crippen LogP contribution in [0.4, 0.5) is 0 Å². The first-order chi connectivity index (χ1) is 40.0.